The lowest BCUT2D eigenvalue weighted by atomic mass is 10.0. The Balaban J connectivity index is 2.05. The third kappa shape index (κ3) is 4.07. The number of benzene rings is 2. The molecule has 0 heterocycles. The first kappa shape index (κ1) is 15.0. The molecule has 2 nitrogen and oxygen atoms in total. The van der Waals surface area contributed by atoms with E-state index in [2.05, 4.69) is 34.8 Å². The van der Waals surface area contributed by atoms with Crippen molar-refractivity contribution in [1.29, 1.82) is 0 Å². The highest BCUT2D eigenvalue weighted by molar-refractivity contribution is 14.1. The molecule has 104 valence electrons. The Morgan fingerprint density at radius 3 is 2.10 bits per heavy atom. The van der Waals surface area contributed by atoms with Crippen LogP contribution >= 0.6 is 22.6 Å². The van der Waals surface area contributed by atoms with E-state index >= 15 is 0 Å². The standard InChI is InChI=1S/C17H18INO/c1-2-3-12-19-16-10-6-14(7-11-16)17(20)13-4-8-15(18)9-5-13/h4-11,19H,2-3,12H2,1H3. The fraction of sp³-hybridized carbons (Fsp3) is 0.235. The molecule has 2 rings (SSSR count). The number of ketones is 1. The molecule has 0 spiro atoms. The second-order valence-electron chi connectivity index (χ2n) is 4.69. The van der Waals surface area contributed by atoms with Crippen LogP contribution in [0.5, 0.6) is 0 Å². The van der Waals surface area contributed by atoms with Crippen molar-refractivity contribution in [2.24, 2.45) is 0 Å². The first-order chi connectivity index (χ1) is 9.70. The van der Waals surface area contributed by atoms with E-state index in [0.717, 1.165) is 33.4 Å². The van der Waals surface area contributed by atoms with E-state index in [1.54, 1.807) is 0 Å². The van der Waals surface area contributed by atoms with E-state index in [9.17, 15) is 4.79 Å². The molecule has 0 aromatic heterocycles. The van der Waals surface area contributed by atoms with Crippen molar-refractivity contribution in [1.82, 2.24) is 0 Å². The predicted molar refractivity (Wildman–Crippen MR) is 92.4 cm³/mol. The zero-order valence-electron chi connectivity index (χ0n) is 11.5. The summed E-state index contributed by atoms with van der Waals surface area (Å²) in [5.74, 6) is 0.0708. The Bertz CT molecular complexity index is 561. The van der Waals surface area contributed by atoms with Gasteiger partial charge in [0.15, 0.2) is 5.78 Å². The smallest absolute Gasteiger partial charge is 0.193 e. The third-order valence-corrected chi connectivity index (χ3v) is 3.83. The highest BCUT2D eigenvalue weighted by Gasteiger charge is 2.08. The van der Waals surface area contributed by atoms with E-state index in [0.29, 0.717) is 0 Å². The molecule has 0 saturated heterocycles. The minimum Gasteiger partial charge on any atom is -0.385 e. The minimum absolute atomic E-state index is 0.0708. The van der Waals surface area contributed by atoms with E-state index in [4.69, 9.17) is 0 Å². The fourth-order valence-electron chi connectivity index (χ4n) is 1.92. The molecule has 0 amide bonds. The first-order valence-electron chi connectivity index (χ1n) is 6.85. The summed E-state index contributed by atoms with van der Waals surface area (Å²) < 4.78 is 1.13. The summed E-state index contributed by atoms with van der Waals surface area (Å²) >= 11 is 2.24. The van der Waals surface area contributed by atoms with Crippen LogP contribution < -0.4 is 5.32 Å². The summed E-state index contributed by atoms with van der Waals surface area (Å²) in [5, 5.41) is 3.35. The van der Waals surface area contributed by atoms with Gasteiger partial charge in [-0.1, -0.05) is 13.3 Å². The Kier molecular flexibility index (Phi) is 5.59. The van der Waals surface area contributed by atoms with Crippen molar-refractivity contribution < 1.29 is 4.79 Å². The van der Waals surface area contributed by atoms with Crippen molar-refractivity contribution in [2.45, 2.75) is 19.8 Å². The fourth-order valence-corrected chi connectivity index (χ4v) is 2.28. The SMILES string of the molecule is CCCCNc1ccc(C(=O)c2ccc(I)cc2)cc1. The molecule has 2 aromatic carbocycles. The van der Waals surface area contributed by atoms with Gasteiger partial charge in [0.2, 0.25) is 0 Å². The van der Waals surface area contributed by atoms with Crippen LogP contribution in [0, 0.1) is 3.57 Å². The molecule has 0 fully saturated rings. The van der Waals surface area contributed by atoms with Crippen molar-refractivity contribution in [3.05, 3.63) is 63.2 Å². The lowest BCUT2D eigenvalue weighted by Gasteiger charge is -2.06. The lowest BCUT2D eigenvalue weighted by Crippen LogP contribution is -2.03. The number of hydrogen-bond donors (Lipinski definition) is 1. The second kappa shape index (κ2) is 7.43. The molecule has 0 saturated carbocycles. The summed E-state index contributed by atoms with van der Waals surface area (Å²) in [6.45, 7) is 3.14. The summed E-state index contributed by atoms with van der Waals surface area (Å²) in [4.78, 5) is 12.3. The maximum atomic E-state index is 12.3. The normalized spacial score (nSPS) is 10.3. The van der Waals surface area contributed by atoms with Gasteiger partial charge in [0, 0.05) is 26.9 Å². The highest BCUT2D eigenvalue weighted by atomic mass is 127. The average molecular weight is 379 g/mol. The summed E-state index contributed by atoms with van der Waals surface area (Å²) in [6.07, 6.45) is 2.33. The van der Waals surface area contributed by atoms with Crippen LogP contribution in [0.2, 0.25) is 0 Å². The molecule has 0 atom stereocenters. The maximum absolute atomic E-state index is 12.3. The minimum atomic E-state index is 0.0708. The zero-order chi connectivity index (χ0) is 14.4. The molecule has 0 aliphatic heterocycles. The maximum Gasteiger partial charge on any atom is 0.193 e. The van der Waals surface area contributed by atoms with Gasteiger partial charge in [0.1, 0.15) is 0 Å². The molecule has 20 heavy (non-hydrogen) atoms. The molecular formula is C17H18INO. The van der Waals surface area contributed by atoms with Crippen molar-refractivity contribution in [3.8, 4) is 0 Å². The van der Waals surface area contributed by atoms with Crippen molar-refractivity contribution >= 4 is 34.1 Å². The van der Waals surface area contributed by atoms with Gasteiger partial charge in [0.05, 0.1) is 0 Å². The van der Waals surface area contributed by atoms with Gasteiger partial charge in [-0.05, 0) is 77.5 Å². The molecule has 1 N–H and O–H groups in total. The van der Waals surface area contributed by atoms with Crippen LogP contribution in [-0.2, 0) is 0 Å². The number of halogens is 1. The van der Waals surface area contributed by atoms with Crippen LogP contribution in [0.1, 0.15) is 35.7 Å². The highest BCUT2D eigenvalue weighted by Crippen LogP contribution is 2.15. The number of carbonyl (C=O) groups excluding carboxylic acids is 1. The number of carbonyl (C=O) groups is 1. The van der Waals surface area contributed by atoms with Crippen LogP contribution in [-0.4, -0.2) is 12.3 Å². The van der Waals surface area contributed by atoms with Crippen LogP contribution in [0.3, 0.4) is 0 Å². The number of unbranched alkanes of at least 4 members (excludes halogenated alkanes) is 1. The van der Waals surface area contributed by atoms with Crippen LogP contribution in [0.25, 0.3) is 0 Å². The molecule has 0 aliphatic rings. The van der Waals surface area contributed by atoms with E-state index < -0.39 is 0 Å². The largest absolute Gasteiger partial charge is 0.385 e. The Labute approximate surface area is 133 Å². The molecule has 0 radical (unpaired) electrons. The quantitative estimate of drug-likeness (QED) is 0.447. The van der Waals surface area contributed by atoms with Crippen LogP contribution in [0.15, 0.2) is 48.5 Å². The van der Waals surface area contributed by atoms with Gasteiger partial charge >= 0.3 is 0 Å². The van der Waals surface area contributed by atoms with Gasteiger partial charge < -0.3 is 5.32 Å². The molecule has 0 bridgehead atoms. The molecule has 0 unspecified atom stereocenters. The van der Waals surface area contributed by atoms with Gasteiger partial charge in [-0.2, -0.15) is 0 Å². The second-order valence-corrected chi connectivity index (χ2v) is 5.94. The molecule has 2 aromatic rings. The number of rotatable bonds is 6. The zero-order valence-corrected chi connectivity index (χ0v) is 13.7. The molecule has 3 heteroatoms. The Morgan fingerprint density at radius 2 is 1.55 bits per heavy atom. The molecular weight excluding hydrogens is 361 g/mol. The number of hydrogen-bond acceptors (Lipinski definition) is 2. The molecule has 0 aliphatic carbocycles. The third-order valence-electron chi connectivity index (χ3n) is 3.11. The monoisotopic (exact) mass is 379 g/mol. The topological polar surface area (TPSA) is 29.1 Å². The van der Waals surface area contributed by atoms with E-state index in [1.165, 1.54) is 6.42 Å². The lowest BCUT2D eigenvalue weighted by molar-refractivity contribution is 0.103. The van der Waals surface area contributed by atoms with E-state index in [1.807, 2.05) is 48.5 Å². The van der Waals surface area contributed by atoms with Gasteiger partial charge in [0.25, 0.3) is 0 Å². The van der Waals surface area contributed by atoms with E-state index in [-0.39, 0.29) is 5.78 Å². The average Bonchev–Trinajstić information content (AvgIpc) is 2.48. The van der Waals surface area contributed by atoms with Gasteiger partial charge in [-0.3, -0.25) is 4.79 Å². The number of anilines is 1. The predicted octanol–water partition coefficient (Wildman–Crippen LogP) is 4.73. The Morgan fingerprint density at radius 1 is 1.00 bits per heavy atom. The first-order valence-corrected chi connectivity index (χ1v) is 7.93. The van der Waals surface area contributed by atoms with Crippen molar-refractivity contribution in [2.75, 3.05) is 11.9 Å². The van der Waals surface area contributed by atoms with Gasteiger partial charge in [-0.15, -0.1) is 0 Å². The van der Waals surface area contributed by atoms with Crippen molar-refractivity contribution in [3.63, 3.8) is 0 Å². The number of nitrogens with one attached hydrogen (secondary N) is 1. The Hall–Kier alpha value is -1.36. The summed E-state index contributed by atoms with van der Waals surface area (Å²) in [7, 11) is 0. The summed E-state index contributed by atoms with van der Waals surface area (Å²) in [6, 6.07) is 15.4. The summed E-state index contributed by atoms with van der Waals surface area (Å²) in [5.41, 5.74) is 2.53. The van der Waals surface area contributed by atoms with Gasteiger partial charge in [-0.25, -0.2) is 0 Å². The van der Waals surface area contributed by atoms with Crippen LogP contribution in [0.4, 0.5) is 5.69 Å².